The zero-order valence-electron chi connectivity index (χ0n) is 11.5. The summed E-state index contributed by atoms with van der Waals surface area (Å²) in [4.78, 5) is 22.0. The number of anilines is 1. The summed E-state index contributed by atoms with van der Waals surface area (Å²) in [6.45, 7) is 2.14. The van der Waals surface area contributed by atoms with E-state index >= 15 is 0 Å². The Hall–Kier alpha value is -2.38. The van der Waals surface area contributed by atoms with Gasteiger partial charge in [-0.15, -0.1) is 0 Å². The third-order valence-corrected chi connectivity index (χ3v) is 2.49. The molecule has 1 rings (SSSR count). The summed E-state index contributed by atoms with van der Waals surface area (Å²) in [6, 6.07) is 1.87. The Balaban J connectivity index is 2.66. The first-order chi connectivity index (χ1) is 9.95. The lowest BCUT2D eigenvalue weighted by molar-refractivity contribution is 0.0936. The summed E-state index contributed by atoms with van der Waals surface area (Å²) in [5, 5.41) is 4.95. The van der Waals surface area contributed by atoms with Gasteiger partial charge in [-0.25, -0.2) is 13.6 Å². The van der Waals surface area contributed by atoms with Crippen LogP contribution in [0.15, 0.2) is 12.1 Å². The second-order valence-electron chi connectivity index (χ2n) is 4.17. The first-order valence-corrected chi connectivity index (χ1v) is 6.39. The zero-order chi connectivity index (χ0) is 15.8. The average molecular weight is 301 g/mol. The molecule has 1 aromatic carbocycles. The summed E-state index contributed by atoms with van der Waals surface area (Å²) in [5.74, 6) is -2.37. The van der Waals surface area contributed by atoms with Crippen LogP contribution < -0.4 is 16.4 Å². The number of nitrogens with one attached hydrogen (secondary N) is 2. The molecule has 0 saturated heterocycles. The first kappa shape index (κ1) is 16.7. The number of ether oxygens (including phenoxy) is 1. The molecule has 0 atom stereocenters. The van der Waals surface area contributed by atoms with Crippen molar-refractivity contribution in [3.8, 4) is 0 Å². The van der Waals surface area contributed by atoms with Crippen molar-refractivity contribution in [2.45, 2.75) is 13.3 Å². The lowest BCUT2D eigenvalue weighted by Crippen LogP contribution is -2.29. The van der Waals surface area contributed by atoms with E-state index in [1.54, 1.807) is 0 Å². The van der Waals surface area contributed by atoms with Crippen molar-refractivity contribution in [3.63, 3.8) is 0 Å². The van der Waals surface area contributed by atoms with Crippen LogP contribution in [0.1, 0.15) is 23.7 Å². The zero-order valence-corrected chi connectivity index (χ0v) is 11.5. The molecule has 4 N–H and O–H groups in total. The standard InChI is InChI=1S/C13H17F2N3O3/c1-2-3-17-11-9(14)6-8(7-10(11)15)12(19)18-4-5-21-13(16)20/h6-7,17H,2-5H2,1H3,(H2,16,20)(H,18,19). The largest absolute Gasteiger partial charge is 0.448 e. The Kier molecular flexibility index (Phi) is 6.38. The fourth-order valence-electron chi connectivity index (χ4n) is 1.54. The van der Waals surface area contributed by atoms with Crippen molar-refractivity contribution in [2.24, 2.45) is 5.73 Å². The van der Waals surface area contributed by atoms with Crippen LogP contribution in [0.2, 0.25) is 0 Å². The molecule has 8 heteroatoms. The fraction of sp³-hybridized carbons (Fsp3) is 0.385. The van der Waals surface area contributed by atoms with Crippen LogP contribution in [-0.4, -0.2) is 31.7 Å². The van der Waals surface area contributed by atoms with Crippen LogP contribution >= 0.6 is 0 Å². The van der Waals surface area contributed by atoms with Gasteiger partial charge in [-0.3, -0.25) is 4.79 Å². The number of halogens is 2. The van der Waals surface area contributed by atoms with Crippen LogP contribution in [0.4, 0.5) is 19.3 Å². The topological polar surface area (TPSA) is 93.4 Å². The van der Waals surface area contributed by atoms with Gasteiger partial charge in [0.1, 0.15) is 23.9 Å². The van der Waals surface area contributed by atoms with Gasteiger partial charge in [-0.05, 0) is 18.6 Å². The molecule has 6 nitrogen and oxygen atoms in total. The summed E-state index contributed by atoms with van der Waals surface area (Å²) in [6.07, 6.45) is -0.256. The van der Waals surface area contributed by atoms with Gasteiger partial charge in [-0.1, -0.05) is 6.92 Å². The minimum Gasteiger partial charge on any atom is -0.448 e. The minimum absolute atomic E-state index is 0.0130. The van der Waals surface area contributed by atoms with E-state index in [4.69, 9.17) is 5.73 Å². The molecule has 0 fully saturated rings. The molecule has 0 bridgehead atoms. The van der Waals surface area contributed by atoms with E-state index in [1.807, 2.05) is 6.92 Å². The summed E-state index contributed by atoms with van der Waals surface area (Å²) >= 11 is 0. The summed E-state index contributed by atoms with van der Waals surface area (Å²) in [5.41, 5.74) is 4.32. The summed E-state index contributed by atoms with van der Waals surface area (Å²) < 4.78 is 31.8. The molecule has 0 spiro atoms. The Bertz CT molecular complexity index is 500. The van der Waals surface area contributed by atoms with E-state index in [0.29, 0.717) is 13.0 Å². The lowest BCUT2D eigenvalue weighted by atomic mass is 10.1. The van der Waals surface area contributed by atoms with Crippen molar-refractivity contribution in [3.05, 3.63) is 29.3 Å². The van der Waals surface area contributed by atoms with Crippen LogP contribution in [-0.2, 0) is 4.74 Å². The average Bonchev–Trinajstić information content (AvgIpc) is 2.42. The number of carbonyl (C=O) groups excluding carboxylic acids is 2. The van der Waals surface area contributed by atoms with Crippen molar-refractivity contribution < 1.29 is 23.1 Å². The molecule has 0 aliphatic carbocycles. The van der Waals surface area contributed by atoms with Crippen LogP contribution in [0.3, 0.4) is 0 Å². The van der Waals surface area contributed by atoms with Gasteiger partial charge in [0, 0.05) is 12.1 Å². The number of hydrogen-bond acceptors (Lipinski definition) is 4. The molecule has 0 heterocycles. The van der Waals surface area contributed by atoms with E-state index in [1.165, 1.54) is 0 Å². The predicted octanol–water partition coefficient (Wildman–Crippen LogP) is 1.61. The van der Waals surface area contributed by atoms with E-state index < -0.39 is 23.6 Å². The van der Waals surface area contributed by atoms with Crippen molar-refractivity contribution in [1.29, 1.82) is 0 Å². The molecule has 116 valence electrons. The molecule has 2 amide bonds. The highest BCUT2D eigenvalue weighted by molar-refractivity contribution is 5.94. The Morgan fingerprint density at radius 1 is 1.24 bits per heavy atom. The van der Waals surface area contributed by atoms with Crippen LogP contribution in [0, 0.1) is 11.6 Å². The van der Waals surface area contributed by atoms with Gasteiger partial charge in [-0.2, -0.15) is 0 Å². The van der Waals surface area contributed by atoms with E-state index in [2.05, 4.69) is 15.4 Å². The third-order valence-electron chi connectivity index (χ3n) is 2.49. The van der Waals surface area contributed by atoms with Gasteiger partial charge < -0.3 is 21.1 Å². The maximum atomic E-state index is 13.7. The quantitative estimate of drug-likeness (QED) is 0.667. The molecule has 0 saturated carbocycles. The predicted molar refractivity (Wildman–Crippen MR) is 73.0 cm³/mol. The molecule has 1 aromatic rings. The fourth-order valence-corrected chi connectivity index (χ4v) is 1.54. The highest BCUT2D eigenvalue weighted by Gasteiger charge is 2.14. The highest BCUT2D eigenvalue weighted by Crippen LogP contribution is 2.20. The number of rotatable bonds is 7. The first-order valence-electron chi connectivity index (χ1n) is 6.39. The molecular formula is C13H17F2N3O3. The smallest absolute Gasteiger partial charge is 0.404 e. The van der Waals surface area contributed by atoms with Crippen LogP contribution in [0.25, 0.3) is 0 Å². The molecule has 0 aliphatic heterocycles. The number of carbonyl (C=O) groups is 2. The lowest BCUT2D eigenvalue weighted by Gasteiger charge is -2.10. The number of amides is 2. The minimum atomic E-state index is -0.965. The SMILES string of the molecule is CCCNc1c(F)cc(C(=O)NCCOC(N)=O)cc1F. The van der Waals surface area contributed by atoms with E-state index in [0.717, 1.165) is 12.1 Å². The second kappa shape index (κ2) is 8.03. The number of primary amides is 1. The highest BCUT2D eigenvalue weighted by atomic mass is 19.1. The van der Waals surface area contributed by atoms with Crippen molar-refractivity contribution in [2.75, 3.05) is 25.0 Å². The maximum Gasteiger partial charge on any atom is 0.404 e. The van der Waals surface area contributed by atoms with Crippen LogP contribution in [0.5, 0.6) is 0 Å². The molecule has 0 aromatic heterocycles. The normalized spacial score (nSPS) is 10.0. The van der Waals surface area contributed by atoms with Gasteiger partial charge in [0.15, 0.2) is 0 Å². The molecular weight excluding hydrogens is 284 g/mol. The second-order valence-corrected chi connectivity index (χ2v) is 4.17. The van der Waals surface area contributed by atoms with Crippen molar-refractivity contribution in [1.82, 2.24) is 5.32 Å². The number of nitrogens with two attached hydrogens (primary N) is 1. The maximum absolute atomic E-state index is 13.7. The van der Waals surface area contributed by atoms with Crippen molar-refractivity contribution >= 4 is 17.7 Å². The van der Waals surface area contributed by atoms with Gasteiger partial charge in [0.2, 0.25) is 0 Å². The van der Waals surface area contributed by atoms with Gasteiger partial charge in [0.05, 0.1) is 6.54 Å². The monoisotopic (exact) mass is 301 g/mol. The molecule has 0 radical (unpaired) electrons. The Morgan fingerprint density at radius 3 is 2.38 bits per heavy atom. The molecule has 0 unspecified atom stereocenters. The van der Waals surface area contributed by atoms with Gasteiger partial charge in [0.25, 0.3) is 5.91 Å². The van der Waals surface area contributed by atoms with E-state index in [-0.39, 0.29) is 24.4 Å². The molecule has 21 heavy (non-hydrogen) atoms. The Labute approximate surface area is 120 Å². The molecule has 0 aliphatic rings. The third kappa shape index (κ3) is 5.25. The van der Waals surface area contributed by atoms with Gasteiger partial charge >= 0.3 is 6.09 Å². The number of benzene rings is 1. The Morgan fingerprint density at radius 2 is 1.86 bits per heavy atom. The number of hydrogen-bond donors (Lipinski definition) is 3. The summed E-state index contributed by atoms with van der Waals surface area (Å²) in [7, 11) is 0. The van der Waals surface area contributed by atoms with E-state index in [9.17, 15) is 18.4 Å².